The van der Waals surface area contributed by atoms with Crippen LogP contribution in [-0.2, 0) is 6.54 Å². The Balaban J connectivity index is 1.79. The highest BCUT2D eigenvalue weighted by atomic mass is 16.3. The second kappa shape index (κ2) is 5.12. The Labute approximate surface area is 120 Å². The molecule has 7 nitrogen and oxygen atoms in total. The molecule has 2 heterocycles. The summed E-state index contributed by atoms with van der Waals surface area (Å²) in [5.41, 5.74) is 7.78. The van der Waals surface area contributed by atoms with Crippen LogP contribution in [0.5, 0.6) is 5.75 Å². The molecule has 0 fully saturated rings. The number of nitrogen functional groups attached to an aromatic ring is 1. The maximum absolute atomic E-state index is 12.2. The number of rotatable bonds is 3. The molecule has 0 saturated heterocycles. The summed E-state index contributed by atoms with van der Waals surface area (Å²) >= 11 is 0. The predicted molar refractivity (Wildman–Crippen MR) is 76.7 cm³/mol. The van der Waals surface area contributed by atoms with Gasteiger partial charge in [0.25, 0.3) is 5.91 Å². The number of benzene rings is 1. The number of anilines is 1. The van der Waals surface area contributed by atoms with Crippen molar-refractivity contribution < 1.29 is 9.90 Å². The number of amides is 1. The summed E-state index contributed by atoms with van der Waals surface area (Å²) in [6.45, 7) is 0.174. The lowest BCUT2D eigenvalue weighted by Gasteiger charge is -2.07. The van der Waals surface area contributed by atoms with Crippen molar-refractivity contribution in [1.29, 1.82) is 0 Å². The fraction of sp³-hybridized carbons (Fsp3) is 0.0714. The fourth-order valence-corrected chi connectivity index (χ4v) is 2.03. The highest BCUT2D eigenvalue weighted by Crippen LogP contribution is 2.19. The number of carbonyl (C=O) groups is 1. The van der Waals surface area contributed by atoms with Crippen LogP contribution in [-0.4, -0.2) is 25.6 Å². The van der Waals surface area contributed by atoms with E-state index in [0.717, 1.165) is 0 Å². The number of nitrogens with one attached hydrogen (secondary N) is 1. The zero-order chi connectivity index (χ0) is 14.8. The van der Waals surface area contributed by atoms with Crippen molar-refractivity contribution in [3.8, 4) is 5.75 Å². The topological polar surface area (TPSA) is 106 Å². The lowest BCUT2D eigenvalue weighted by molar-refractivity contribution is 0.0952. The minimum absolute atomic E-state index is 0.0889. The largest absolute Gasteiger partial charge is 0.508 e. The van der Waals surface area contributed by atoms with Gasteiger partial charge in [-0.1, -0.05) is 0 Å². The number of hydrogen-bond donors (Lipinski definition) is 3. The molecule has 1 amide bonds. The Morgan fingerprint density at radius 3 is 3.10 bits per heavy atom. The summed E-state index contributed by atoms with van der Waals surface area (Å²) < 4.78 is 1.57. The molecule has 0 aliphatic heterocycles. The molecule has 4 N–H and O–H groups in total. The summed E-state index contributed by atoms with van der Waals surface area (Å²) in [4.78, 5) is 16.2. The molecule has 21 heavy (non-hydrogen) atoms. The Morgan fingerprint density at radius 1 is 1.38 bits per heavy atom. The molecule has 2 aromatic heterocycles. The molecule has 3 aromatic rings. The normalized spacial score (nSPS) is 10.7. The minimum Gasteiger partial charge on any atom is -0.508 e. The summed E-state index contributed by atoms with van der Waals surface area (Å²) in [6, 6.07) is 4.71. The molecule has 1 aromatic carbocycles. The van der Waals surface area contributed by atoms with Crippen molar-refractivity contribution in [3.05, 3.63) is 54.1 Å². The monoisotopic (exact) mass is 283 g/mol. The predicted octanol–water partition coefficient (Wildman–Crippen LogP) is 0.947. The molecule has 0 saturated carbocycles. The second-order valence-electron chi connectivity index (χ2n) is 4.54. The van der Waals surface area contributed by atoms with Crippen LogP contribution in [0, 0.1) is 0 Å². The number of aromatic nitrogens is 3. The van der Waals surface area contributed by atoms with E-state index in [1.165, 1.54) is 12.3 Å². The van der Waals surface area contributed by atoms with Gasteiger partial charge in [-0.3, -0.25) is 9.78 Å². The Hall–Kier alpha value is -3.09. The van der Waals surface area contributed by atoms with E-state index < -0.39 is 0 Å². The minimum atomic E-state index is -0.292. The van der Waals surface area contributed by atoms with Crippen LogP contribution < -0.4 is 11.1 Å². The molecule has 0 radical (unpaired) electrons. The van der Waals surface area contributed by atoms with E-state index in [2.05, 4.69) is 15.4 Å². The number of nitrogens with two attached hydrogens (primary N) is 1. The quantitative estimate of drug-likeness (QED) is 0.490. The first-order chi connectivity index (χ1) is 10.1. The number of phenols is 1. The van der Waals surface area contributed by atoms with E-state index in [0.29, 0.717) is 22.3 Å². The average Bonchev–Trinajstić information content (AvgIpc) is 2.92. The zero-order valence-electron chi connectivity index (χ0n) is 11.0. The molecule has 0 spiro atoms. The Morgan fingerprint density at radius 2 is 2.24 bits per heavy atom. The second-order valence-corrected chi connectivity index (χ2v) is 4.54. The number of phenolic OH excluding ortho intramolecular Hbond substituents is 1. The Kier molecular flexibility index (Phi) is 3.15. The number of nitrogens with zero attached hydrogens (tertiary/aromatic N) is 3. The molecule has 0 bridgehead atoms. The average molecular weight is 283 g/mol. The van der Waals surface area contributed by atoms with E-state index in [1.807, 2.05) is 0 Å². The van der Waals surface area contributed by atoms with Crippen molar-refractivity contribution in [2.24, 2.45) is 0 Å². The number of hydrogen-bond acceptors (Lipinski definition) is 5. The van der Waals surface area contributed by atoms with E-state index in [1.54, 1.807) is 35.2 Å². The van der Waals surface area contributed by atoms with Crippen molar-refractivity contribution in [2.45, 2.75) is 6.54 Å². The van der Waals surface area contributed by atoms with Crippen molar-refractivity contribution in [3.63, 3.8) is 0 Å². The van der Waals surface area contributed by atoms with Crippen LogP contribution in [0.1, 0.15) is 15.9 Å². The van der Waals surface area contributed by atoms with Crippen LogP contribution in [0.4, 0.5) is 5.69 Å². The molecular formula is C14H13N5O2. The van der Waals surface area contributed by atoms with Crippen molar-refractivity contribution in [2.75, 3.05) is 5.73 Å². The fourth-order valence-electron chi connectivity index (χ4n) is 2.03. The van der Waals surface area contributed by atoms with Crippen molar-refractivity contribution >= 4 is 17.1 Å². The van der Waals surface area contributed by atoms with Gasteiger partial charge in [-0.05, 0) is 18.2 Å². The first-order valence-corrected chi connectivity index (χ1v) is 6.28. The van der Waals surface area contributed by atoms with E-state index in [4.69, 9.17) is 5.73 Å². The maximum Gasteiger partial charge on any atom is 0.255 e. The van der Waals surface area contributed by atoms with Gasteiger partial charge in [-0.2, -0.15) is 5.10 Å². The third-order valence-electron chi connectivity index (χ3n) is 3.11. The van der Waals surface area contributed by atoms with Gasteiger partial charge in [0, 0.05) is 30.2 Å². The van der Waals surface area contributed by atoms with Crippen LogP contribution >= 0.6 is 0 Å². The van der Waals surface area contributed by atoms with Crippen LogP contribution in [0.25, 0.3) is 5.52 Å². The Bertz CT molecular complexity index is 812. The zero-order valence-corrected chi connectivity index (χ0v) is 11.0. The van der Waals surface area contributed by atoms with E-state index in [-0.39, 0.29) is 18.2 Å². The lowest BCUT2D eigenvalue weighted by Crippen LogP contribution is -2.22. The van der Waals surface area contributed by atoms with Gasteiger partial charge < -0.3 is 16.2 Å². The SMILES string of the molecule is Nc1ccc(O)c(CNC(=O)c2cnn3ccncc23)c1. The molecule has 3 rings (SSSR count). The number of carbonyl (C=O) groups excluding carboxylic acids is 1. The summed E-state index contributed by atoms with van der Waals surface area (Å²) in [6.07, 6.45) is 6.30. The van der Waals surface area contributed by atoms with Gasteiger partial charge in [0.1, 0.15) is 5.75 Å². The van der Waals surface area contributed by atoms with Crippen LogP contribution in [0.15, 0.2) is 43.0 Å². The highest BCUT2D eigenvalue weighted by molar-refractivity contribution is 6.00. The third kappa shape index (κ3) is 2.48. The molecule has 7 heteroatoms. The summed E-state index contributed by atoms with van der Waals surface area (Å²) in [7, 11) is 0. The smallest absolute Gasteiger partial charge is 0.255 e. The molecule has 106 valence electrons. The van der Waals surface area contributed by atoms with Gasteiger partial charge in [-0.25, -0.2) is 4.52 Å². The van der Waals surface area contributed by atoms with Gasteiger partial charge >= 0.3 is 0 Å². The molecule has 0 atom stereocenters. The molecule has 0 aliphatic carbocycles. The number of fused-ring (bicyclic) bond motifs is 1. The third-order valence-corrected chi connectivity index (χ3v) is 3.11. The van der Waals surface area contributed by atoms with Crippen LogP contribution in [0.2, 0.25) is 0 Å². The molecule has 0 aliphatic rings. The molecule has 0 unspecified atom stereocenters. The first-order valence-electron chi connectivity index (χ1n) is 6.28. The first kappa shape index (κ1) is 12.9. The van der Waals surface area contributed by atoms with Crippen LogP contribution in [0.3, 0.4) is 0 Å². The van der Waals surface area contributed by atoms with E-state index >= 15 is 0 Å². The van der Waals surface area contributed by atoms with Gasteiger partial charge in [0.15, 0.2) is 0 Å². The van der Waals surface area contributed by atoms with Gasteiger partial charge in [0.2, 0.25) is 0 Å². The highest BCUT2D eigenvalue weighted by Gasteiger charge is 2.13. The standard InChI is InChI=1S/C14H13N5O2/c15-10-1-2-13(20)9(5-10)6-17-14(21)11-7-18-19-4-3-16-8-12(11)19/h1-5,7-8,20H,6,15H2,(H,17,21). The van der Waals surface area contributed by atoms with Gasteiger partial charge in [0.05, 0.1) is 23.5 Å². The summed E-state index contributed by atoms with van der Waals surface area (Å²) in [5, 5.41) is 16.5. The van der Waals surface area contributed by atoms with E-state index in [9.17, 15) is 9.90 Å². The lowest BCUT2D eigenvalue weighted by atomic mass is 10.1. The molecular weight excluding hydrogens is 270 g/mol. The summed E-state index contributed by atoms with van der Waals surface area (Å²) in [5.74, 6) is -0.203. The number of aromatic hydroxyl groups is 1. The maximum atomic E-state index is 12.2. The van der Waals surface area contributed by atoms with Gasteiger partial charge in [-0.15, -0.1) is 0 Å². The van der Waals surface area contributed by atoms with Crippen molar-refractivity contribution in [1.82, 2.24) is 19.9 Å².